The van der Waals surface area contributed by atoms with Crippen LogP contribution in [0.5, 0.6) is 11.5 Å². The van der Waals surface area contributed by atoms with Gasteiger partial charge in [0.25, 0.3) is 6.29 Å². The van der Waals surface area contributed by atoms with Crippen LogP contribution in [0, 0.1) is 6.92 Å². The standard InChI is InChI=1S/C9H8O3/c1-6-2-3-7-8(4-6)12-9(5-10)11-7/h2-5,9H,1H3. The number of aldehydes is 1. The summed E-state index contributed by atoms with van der Waals surface area (Å²) in [6.45, 7) is 1.96. The van der Waals surface area contributed by atoms with Gasteiger partial charge in [0.05, 0.1) is 0 Å². The molecular formula is C9H8O3. The highest BCUT2D eigenvalue weighted by Gasteiger charge is 2.22. The van der Waals surface area contributed by atoms with Crippen molar-refractivity contribution in [1.82, 2.24) is 0 Å². The molecule has 1 heterocycles. The third-order valence-corrected chi connectivity index (χ3v) is 1.70. The van der Waals surface area contributed by atoms with Crippen molar-refractivity contribution in [3.63, 3.8) is 0 Å². The Bertz CT molecular complexity index is 320. The number of hydrogen-bond donors (Lipinski definition) is 0. The normalized spacial score (nSPS) is 19.2. The summed E-state index contributed by atoms with van der Waals surface area (Å²) in [5.74, 6) is 1.28. The topological polar surface area (TPSA) is 35.5 Å². The minimum absolute atomic E-state index is 0.634. The first kappa shape index (κ1) is 7.16. The molecule has 1 aliphatic heterocycles. The van der Waals surface area contributed by atoms with E-state index in [9.17, 15) is 4.79 Å². The van der Waals surface area contributed by atoms with Gasteiger partial charge in [-0.05, 0) is 24.6 Å². The Balaban J connectivity index is 2.35. The maximum atomic E-state index is 10.3. The monoisotopic (exact) mass is 164 g/mol. The number of hydrogen-bond acceptors (Lipinski definition) is 3. The van der Waals surface area contributed by atoms with E-state index in [2.05, 4.69) is 0 Å². The van der Waals surface area contributed by atoms with Crippen LogP contribution in [-0.2, 0) is 4.79 Å². The third-order valence-electron chi connectivity index (χ3n) is 1.70. The number of aryl methyl sites for hydroxylation is 1. The molecule has 1 aromatic rings. The van der Waals surface area contributed by atoms with Gasteiger partial charge in [-0.25, -0.2) is 0 Å². The number of fused-ring (bicyclic) bond motifs is 1. The Morgan fingerprint density at radius 1 is 1.33 bits per heavy atom. The van der Waals surface area contributed by atoms with Crippen LogP contribution in [0.2, 0.25) is 0 Å². The molecule has 3 heteroatoms. The molecule has 0 saturated carbocycles. The lowest BCUT2D eigenvalue weighted by molar-refractivity contribution is -0.121. The Hall–Kier alpha value is -1.51. The summed E-state index contributed by atoms with van der Waals surface area (Å²) >= 11 is 0. The summed E-state index contributed by atoms with van der Waals surface area (Å²) in [5, 5.41) is 0. The van der Waals surface area contributed by atoms with Crippen LogP contribution in [0.1, 0.15) is 5.56 Å². The highest BCUT2D eigenvalue weighted by molar-refractivity contribution is 5.59. The number of benzene rings is 1. The first-order valence-corrected chi connectivity index (χ1v) is 3.69. The number of carbonyl (C=O) groups excluding carboxylic acids is 1. The lowest BCUT2D eigenvalue weighted by Crippen LogP contribution is -2.18. The van der Waals surface area contributed by atoms with Gasteiger partial charge in [-0.3, -0.25) is 4.79 Å². The molecule has 0 bridgehead atoms. The number of rotatable bonds is 1. The zero-order chi connectivity index (χ0) is 8.55. The van der Waals surface area contributed by atoms with Gasteiger partial charge in [-0.15, -0.1) is 0 Å². The molecule has 1 aliphatic rings. The van der Waals surface area contributed by atoms with E-state index in [0.717, 1.165) is 5.56 Å². The highest BCUT2D eigenvalue weighted by atomic mass is 16.7. The molecule has 62 valence electrons. The van der Waals surface area contributed by atoms with Crippen molar-refractivity contribution in [3.05, 3.63) is 23.8 Å². The van der Waals surface area contributed by atoms with E-state index in [-0.39, 0.29) is 0 Å². The molecule has 12 heavy (non-hydrogen) atoms. The second-order valence-electron chi connectivity index (χ2n) is 2.69. The van der Waals surface area contributed by atoms with Gasteiger partial charge in [0.15, 0.2) is 11.5 Å². The fourth-order valence-corrected chi connectivity index (χ4v) is 1.13. The van der Waals surface area contributed by atoms with Crippen LogP contribution in [0.15, 0.2) is 18.2 Å². The van der Waals surface area contributed by atoms with Gasteiger partial charge in [0, 0.05) is 0 Å². The van der Waals surface area contributed by atoms with Crippen LogP contribution in [0.25, 0.3) is 0 Å². The summed E-state index contributed by atoms with van der Waals surface area (Å²) in [6.07, 6.45) is -0.128. The fraction of sp³-hybridized carbons (Fsp3) is 0.222. The fourth-order valence-electron chi connectivity index (χ4n) is 1.13. The zero-order valence-electron chi connectivity index (χ0n) is 6.61. The van der Waals surface area contributed by atoms with Crippen molar-refractivity contribution >= 4 is 6.29 Å². The van der Waals surface area contributed by atoms with E-state index in [1.54, 1.807) is 6.07 Å². The van der Waals surface area contributed by atoms with E-state index < -0.39 is 6.29 Å². The maximum Gasteiger partial charge on any atom is 0.297 e. The van der Waals surface area contributed by atoms with E-state index in [1.165, 1.54) is 0 Å². The average Bonchev–Trinajstić information content (AvgIpc) is 2.46. The van der Waals surface area contributed by atoms with E-state index in [4.69, 9.17) is 9.47 Å². The lowest BCUT2D eigenvalue weighted by atomic mass is 10.2. The molecule has 0 radical (unpaired) electrons. The van der Waals surface area contributed by atoms with Crippen LogP contribution in [0.4, 0.5) is 0 Å². The van der Waals surface area contributed by atoms with Crippen molar-refractivity contribution in [2.24, 2.45) is 0 Å². The van der Waals surface area contributed by atoms with E-state index >= 15 is 0 Å². The molecule has 1 aromatic carbocycles. The molecule has 0 amide bonds. The smallest absolute Gasteiger partial charge is 0.297 e. The van der Waals surface area contributed by atoms with E-state index in [1.807, 2.05) is 19.1 Å². The zero-order valence-corrected chi connectivity index (χ0v) is 6.61. The Kier molecular flexibility index (Phi) is 1.50. The summed E-state index contributed by atoms with van der Waals surface area (Å²) in [5.41, 5.74) is 1.09. The molecule has 0 saturated heterocycles. The quantitative estimate of drug-likeness (QED) is 0.587. The average molecular weight is 164 g/mol. The molecule has 0 aliphatic carbocycles. The predicted octanol–water partition coefficient (Wildman–Crippen LogP) is 1.29. The molecule has 1 atom stereocenters. The van der Waals surface area contributed by atoms with Gasteiger partial charge in [-0.1, -0.05) is 6.07 Å². The number of ether oxygens (including phenoxy) is 2. The Morgan fingerprint density at radius 2 is 2.08 bits per heavy atom. The maximum absolute atomic E-state index is 10.3. The number of carbonyl (C=O) groups is 1. The van der Waals surface area contributed by atoms with Crippen molar-refractivity contribution in [1.29, 1.82) is 0 Å². The lowest BCUT2D eigenvalue weighted by Gasteiger charge is -1.98. The van der Waals surface area contributed by atoms with Crippen molar-refractivity contribution in [2.75, 3.05) is 0 Å². The molecule has 0 spiro atoms. The Labute approximate surface area is 69.9 Å². The molecule has 2 rings (SSSR count). The summed E-state index contributed by atoms with van der Waals surface area (Å²) in [4.78, 5) is 10.3. The van der Waals surface area contributed by atoms with Crippen LogP contribution < -0.4 is 9.47 Å². The van der Waals surface area contributed by atoms with Crippen molar-refractivity contribution < 1.29 is 14.3 Å². The van der Waals surface area contributed by atoms with Crippen molar-refractivity contribution in [3.8, 4) is 11.5 Å². The van der Waals surface area contributed by atoms with Crippen LogP contribution >= 0.6 is 0 Å². The summed E-state index contributed by atoms with van der Waals surface area (Å²) < 4.78 is 10.3. The molecule has 0 fully saturated rings. The minimum Gasteiger partial charge on any atom is -0.444 e. The third kappa shape index (κ3) is 1.03. The molecular weight excluding hydrogens is 156 g/mol. The van der Waals surface area contributed by atoms with Crippen LogP contribution in [-0.4, -0.2) is 12.6 Å². The Morgan fingerprint density at radius 3 is 2.83 bits per heavy atom. The SMILES string of the molecule is Cc1ccc2c(c1)OC(C=O)O2. The summed E-state index contributed by atoms with van der Waals surface area (Å²) in [6, 6.07) is 5.56. The second-order valence-corrected chi connectivity index (χ2v) is 2.69. The van der Waals surface area contributed by atoms with Crippen molar-refractivity contribution in [2.45, 2.75) is 13.2 Å². The largest absolute Gasteiger partial charge is 0.444 e. The van der Waals surface area contributed by atoms with Gasteiger partial charge < -0.3 is 9.47 Å². The molecule has 1 unspecified atom stereocenters. The minimum atomic E-state index is -0.762. The first-order chi connectivity index (χ1) is 5.79. The van der Waals surface area contributed by atoms with Gasteiger partial charge >= 0.3 is 0 Å². The first-order valence-electron chi connectivity index (χ1n) is 3.69. The molecule has 0 aromatic heterocycles. The van der Waals surface area contributed by atoms with Gasteiger partial charge in [0.1, 0.15) is 0 Å². The molecule has 3 nitrogen and oxygen atoms in total. The second kappa shape index (κ2) is 2.52. The van der Waals surface area contributed by atoms with Gasteiger partial charge in [-0.2, -0.15) is 0 Å². The highest BCUT2D eigenvalue weighted by Crippen LogP contribution is 2.34. The summed E-state index contributed by atoms with van der Waals surface area (Å²) in [7, 11) is 0. The predicted molar refractivity (Wildman–Crippen MR) is 42.3 cm³/mol. The van der Waals surface area contributed by atoms with Gasteiger partial charge in [0.2, 0.25) is 6.29 Å². The van der Waals surface area contributed by atoms with Crippen LogP contribution in [0.3, 0.4) is 0 Å². The molecule has 0 N–H and O–H groups in total. The van der Waals surface area contributed by atoms with E-state index in [0.29, 0.717) is 17.8 Å².